The number of aliphatic hydroxyl groups is 1. The maximum absolute atomic E-state index is 12.8. The molecule has 7 heteroatoms. The number of fused-ring (bicyclic) bond motifs is 1. The first-order chi connectivity index (χ1) is 15.0. The van der Waals surface area contributed by atoms with E-state index in [1.165, 1.54) is 32.1 Å². The number of carbonyl (C=O) groups is 1. The fraction of sp³-hybridized carbons (Fsp3) is 0.542. The Morgan fingerprint density at radius 1 is 1.26 bits per heavy atom. The zero-order valence-electron chi connectivity index (χ0n) is 18.3. The summed E-state index contributed by atoms with van der Waals surface area (Å²) >= 11 is 0. The number of carbonyl (C=O) groups excluding carboxylic acids is 1. The van der Waals surface area contributed by atoms with Crippen LogP contribution in [0, 0.1) is 5.92 Å². The van der Waals surface area contributed by atoms with Crippen LogP contribution in [-0.4, -0.2) is 53.6 Å². The minimum absolute atomic E-state index is 0.0895. The van der Waals surface area contributed by atoms with Crippen LogP contribution in [-0.2, 0) is 0 Å². The summed E-state index contributed by atoms with van der Waals surface area (Å²) in [5.41, 5.74) is 6.97. The van der Waals surface area contributed by atoms with E-state index >= 15 is 0 Å². The quantitative estimate of drug-likeness (QED) is 0.505. The van der Waals surface area contributed by atoms with Gasteiger partial charge in [0.25, 0.3) is 5.91 Å². The first-order valence-electron chi connectivity index (χ1n) is 11.4. The number of pyridine rings is 1. The van der Waals surface area contributed by atoms with E-state index in [0.717, 1.165) is 23.9 Å². The number of anilines is 1. The van der Waals surface area contributed by atoms with Gasteiger partial charge in [-0.1, -0.05) is 37.5 Å². The van der Waals surface area contributed by atoms with Gasteiger partial charge in [0.15, 0.2) is 0 Å². The van der Waals surface area contributed by atoms with Crippen LogP contribution in [0.4, 0.5) is 5.82 Å². The molecule has 7 nitrogen and oxygen atoms in total. The third-order valence-electron chi connectivity index (χ3n) is 6.54. The molecule has 2 aliphatic rings. The first-order valence-corrected chi connectivity index (χ1v) is 11.4. The number of aliphatic hydroxyl groups excluding tert-OH is 1. The second kappa shape index (κ2) is 9.75. The van der Waals surface area contributed by atoms with E-state index in [-0.39, 0.29) is 30.3 Å². The van der Waals surface area contributed by atoms with E-state index in [0.29, 0.717) is 24.0 Å². The first kappa shape index (κ1) is 21.7. The van der Waals surface area contributed by atoms with Crippen LogP contribution in [0.2, 0.25) is 0 Å². The molecule has 4 rings (SSSR count). The molecule has 2 fully saturated rings. The van der Waals surface area contributed by atoms with Crippen LogP contribution < -0.4 is 16.0 Å². The highest BCUT2D eigenvalue weighted by Gasteiger charge is 2.32. The zero-order valence-corrected chi connectivity index (χ0v) is 18.3. The second-order valence-electron chi connectivity index (χ2n) is 8.90. The predicted molar refractivity (Wildman–Crippen MR) is 125 cm³/mol. The minimum atomic E-state index is -0.378. The Balaban J connectivity index is 1.60. The predicted octanol–water partition coefficient (Wildman–Crippen LogP) is 2.86. The monoisotopic (exact) mass is 423 g/mol. The van der Waals surface area contributed by atoms with E-state index in [1.54, 1.807) is 6.92 Å². The summed E-state index contributed by atoms with van der Waals surface area (Å²) in [6, 6.07) is 10.5. The number of benzene rings is 1. The standard InChI is InChI=1S/C24H33N5O2/c1-16(25)26-24(31)20-13-17-7-5-6-10-21(17)28-23(20)29-12-11-22(18(14-29)15-30)27-19-8-3-2-4-9-19/h5-7,10,13,18-19,22,27,30H,2-4,8-9,11-12,14-15H2,1H3,(H2,25,26,31). The summed E-state index contributed by atoms with van der Waals surface area (Å²) in [6.07, 6.45) is 7.25. The van der Waals surface area contributed by atoms with Crippen molar-refractivity contribution in [2.24, 2.45) is 16.6 Å². The average molecular weight is 424 g/mol. The third kappa shape index (κ3) is 5.05. The highest BCUT2D eigenvalue weighted by Crippen LogP contribution is 2.29. The number of hydrogen-bond donors (Lipinski definition) is 3. The smallest absolute Gasteiger partial charge is 0.282 e. The van der Waals surface area contributed by atoms with Crippen LogP contribution in [0.5, 0.6) is 0 Å². The van der Waals surface area contributed by atoms with E-state index < -0.39 is 0 Å². The largest absolute Gasteiger partial charge is 0.396 e. The molecular weight excluding hydrogens is 390 g/mol. The van der Waals surface area contributed by atoms with E-state index in [2.05, 4.69) is 15.2 Å². The molecule has 1 aromatic carbocycles. The zero-order chi connectivity index (χ0) is 21.8. The summed E-state index contributed by atoms with van der Waals surface area (Å²) in [5, 5.41) is 14.8. The number of amidine groups is 1. The van der Waals surface area contributed by atoms with Gasteiger partial charge in [0.05, 0.1) is 11.1 Å². The molecule has 1 aliphatic carbocycles. The maximum Gasteiger partial charge on any atom is 0.282 e. The van der Waals surface area contributed by atoms with Crippen molar-refractivity contribution in [3.8, 4) is 0 Å². The number of rotatable bonds is 5. The lowest BCUT2D eigenvalue weighted by molar-refractivity contribution is 0.100. The maximum atomic E-state index is 12.8. The molecule has 0 spiro atoms. The Bertz CT molecular complexity index is 950. The molecule has 2 atom stereocenters. The van der Waals surface area contributed by atoms with Gasteiger partial charge < -0.3 is 21.1 Å². The summed E-state index contributed by atoms with van der Waals surface area (Å²) in [7, 11) is 0. The molecule has 0 bridgehead atoms. The van der Waals surface area contributed by atoms with Crippen LogP contribution in [0.15, 0.2) is 35.3 Å². The van der Waals surface area contributed by atoms with Crippen LogP contribution in [0.25, 0.3) is 10.9 Å². The Labute approximate surface area is 183 Å². The number of aliphatic imine (C=N–C) groups is 1. The Kier molecular flexibility index (Phi) is 6.83. The van der Waals surface area contributed by atoms with Crippen LogP contribution in [0.3, 0.4) is 0 Å². The van der Waals surface area contributed by atoms with Gasteiger partial charge >= 0.3 is 0 Å². The van der Waals surface area contributed by atoms with E-state index in [1.807, 2.05) is 30.3 Å². The SMILES string of the molecule is CC(N)=NC(=O)c1cc2ccccc2nc1N1CCC(NC2CCCCC2)C(CO)C1. The fourth-order valence-electron chi connectivity index (χ4n) is 4.93. The van der Waals surface area contributed by atoms with Crippen molar-refractivity contribution < 1.29 is 9.90 Å². The highest BCUT2D eigenvalue weighted by molar-refractivity contribution is 6.07. The molecule has 0 radical (unpaired) electrons. The molecule has 1 aliphatic heterocycles. The molecule has 1 saturated carbocycles. The van der Waals surface area contributed by atoms with Crippen molar-refractivity contribution in [2.75, 3.05) is 24.6 Å². The van der Waals surface area contributed by atoms with E-state index in [4.69, 9.17) is 10.7 Å². The number of amides is 1. The average Bonchev–Trinajstić information content (AvgIpc) is 2.78. The number of piperidine rings is 1. The summed E-state index contributed by atoms with van der Waals surface area (Å²) < 4.78 is 0. The molecule has 31 heavy (non-hydrogen) atoms. The number of hydrogen-bond acceptors (Lipinski definition) is 5. The lowest BCUT2D eigenvalue weighted by Gasteiger charge is -2.41. The molecule has 2 unspecified atom stereocenters. The Morgan fingerprint density at radius 3 is 2.77 bits per heavy atom. The number of aromatic nitrogens is 1. The number of nitrogens with zero attached hydrogens (tertiary/aromatic N) is 3. The molecule has 1 aromatic heterocycles. The van der Waals surface area contributed by atoms with Crippen molar-refractivity contribution in [1.82, 2.24) is 10.3 Å². The van der Waals surface area contributed by atoms with Gasteiger partial charge in [-0.15, -0.1) is 0 Å². The summed E-state index contributed by atoms with van der Waals surface area (Å²) in [6.45, 7) is 3.14. The lowest BCUT2D eigenvalue weighted by atomic mass is 9.89. The number of para-hydroxylation sites is 1. The molecule has 1 saturated heterocycles. The highest BCUT2D eigenvalue weighted by atomic mass is 16.3. The van der Waals surface area contributed by atoms with Gasteiger partial charge in [-0.25, -0.2) is 4.98 Å². The molecular formula is C24H33N5O2. The summed E-state index contributed by atoms with van der Waals surface area (Å²) in [4.78, 5) is 23.8. The molecule has 2 aromatic rings. The van der Waals surface area contributed by atoms with Gasteiger partial charge in [0.2, 0.25) is 0 Å². The molecule has 2 heterocycles. The topological polar surface area (TPSA) is 104 Å². The van der Waals surface area contributed by atoms with Crippen LogP contribution in [0.1, 0.15) is 55.8 Å². The van der Waals surface area contributed by atoms with Gasteiger partial charge in [0, 0.05) is 43.1 Å². The van der Waals surface area contributed by atoms with Crippen molar-refractivity contribution in [1.29, 1.82) is 0 Å². The minimum Gasteiger partial charge on any atom is -0.396 e. The van der Waals surface area contributed by atoms with Crippen molar-refractivity contribution in [2.45, 2.75) is 57.5 Å². The Hall–Kier alpha value is -2.51. The van der Waals surface area contributed by atoms with Crippen molar-refractivity contribution >= 4 is 28.5 Å². The number of nitrogens with one attached hydrogen (secondary N) is 1. The normalized spacial score (nSPS) is 23.3. The van der Waals surface area contributed by atoms with Gasteiger partial charge in [-0.05, 0) is 38.3 Å². The third-order valence-corrected chi connectivity index (χ3v) is 6.54. The van der Waals surface area contributed by atoms with Gasteiger partial charge in [-0.2, -0.15) is 4.99 Å². The van der Waals surface area contributed by atoms with Crippen molar-refractivity contribution in [3.05, 3.63) is 35.9 Å². The van der Waals surface area contributed by atoms with Gasteiger partial charge in [0.1, 0.15) is 11.7 Å². The number of nitrogens with two attached hydrogens (primary N) is 1. The van der Waals surface area contributed by atoms with E-state index in [9.17, 15) is 9.90 Å². The molecule has 166 valence electrons. The van der Waals surface area contributed by atoms with Crippen LogP contribution >= 0.6 is 0 Å². The molecule has 4 N–H and O–H groups in total. The second-order valence-corrected chi connectivity index (χ2v) is 8.90. The summed E-state index contributed by atoms with van der Waals surface area (Å²) in [5.74, 6) is 0.568. The van der Waals surface area contributed by atoms with Crippen molar-refractivity contribution in [3.63, 3.8) is 0 Å². The van der Waals surface area contributed by atoms with Gasteiger partial charge in [-0.3, -0.25) is 4.79 Å². The Morgan fingerprint density at radius 2 is 2.03 bits per heavy atom. The fourth-order valence-corrected chi connectivity index (χ4v) is 4.93. The lowest BCUT2D eigenvalue weighted by Crippen LogP contribution is -2.54. The molecule has 1 amide bonds.